The molecular formula is C21H27BrN2O3. The molecule has 4 fully saturated rings. The van der Waals surface area contributed by atoms with Crippen molar-refractivity contribution in [1.29, 1.82) is 0 Å². The van der Waals surface area contributed by atoms with Crippen molar-refractivity contribution in [3.8, 4) is 0 Å². The zero-order valence-corrected chi connectivity index (χ0v) is 17.5. The van der Waals surface area contributed by atoms with Crippen molar-refractivity contribution in [2.75, 3.05) is 24.4 Å². The van der Waals surface area contributed by atoms with Gasteiger partial charge in [0.05, 0.1) is 7.11 Å². The number of benzene rings is 1. The lowest BCUT2D eigenvalue weighted by molar-refractivity contribution is -0.123. The zero-order valence-electron chi connectivity index (χ0n) is 16.0. The molecule has 4 aliphatic carbocycles. The number of halogens is 1. The Morgan fingerprint density at radius 1 is 1.19 bits per heavy atom. The molecule has 2 unspecified atom stereocenters. The molecule has 2 amide bonds. The van der Waals surface area contributed by atoms with Gasteiger partial charge in [0.15, 0.2) is 0 Å². The third-order valence-electron chi connectivity index (χ3n) is 6.63. The Bertz CT molecular complexity index is 734. The van der Waals surface area contributed by atoms with Gasteiger partial charge in [-0.2, -0.15) is 0 Å². The Kier molecular flexibility index (Phi) is 4.73. The summed E-state index contributed by atoms with van der Waals surface area (Å²) in [5, 5.41) is 3.05. The third-order valence-corrected chi connectivity index (χ3v) is 7.56. The van der Waals surface area contributed by atoms with Gasteiger partial charge in [0.25, 0.3) is 0 Å². The number of hydrogen-bond donors (Lipinski definition) is 1. The van der Waals surface area contributed by atoms with Crippen LogP contribution in [0.5, 0.6) is 0 Å². The van der Waals surface area contributed by atoms with Gasteiger partial charge < -0.3 is 10.1 Å². The molecule has 1 aromatic carbocycles. The second kappa shape index (κ2) is 6.80. The Labute approximate surface area is 169 Å². The van der Waals surface area contributed by atoms with E-state index in [1.807, 2.05) is 24.3 Å². The van der Waals surface area contributed by atoms with E-state index < -0.39 is 6.09 Å². The minimum absolute atomic E-state index is 0.0992. The van der Waals surface area contributed by atoms with Crippen LogP contribution >= 0.6 is 15.9 Å². The summed E-state index contributed by atoms with van der Waals surface area (Å²) in [6.45, 7) is 0. The molecule has 0 heterocycles. The molecule has 1 aromatic rings. The van der Waals surface area contributed by atoms with Crippen LogP contribution < -0.4 is 10.2 Å². The number of ether oxygens (including phenoxy) is 1. The van der Waals surface area contributed by atoms with Gasteiger partial charge in [-0.15, -0.1) is 0 Å². The van der Waals surface area contributed by atoms with Gasteiger partial charge in [0, 0.05) is 29.2 Å². The number of methoxy groups -OCH3 is 1. The number of alkyl halides is 1. The van der Waals surface area contributed by atoms with Crippen LogP contribution in [0, 0.1) is 17.3 Å². The molecule has 6 heteroatoms. The van der Waals surface area contributed by atoms with Crippen molar-refractivity contribution in [1.82, 2.24) is 0 Å². The Balaban J connectivity index is 1.39. The van der Waals surface area contributed by atoms with Crippen LogP contribution in [0.4, 0.5) is 16.2 Å². The Morgan fingerprint density at radius 3 is 2.37 bits per heavy atom. The van der Waals surface area contributed by atoms with Gasteiger partial charge in [0.1, 0.15) is 0 Å². The molecule has 5 nitrogen and oxygen atoms in total. The quantitative estimate of drug-likeness (QED) is 0.681. The smallest absolute Gasteiger partial charge is 0.413 e. The average molecular weight is 435 g/mol. The van der Waals surface area contributed by atoms with Crippen LogP contribution in [0.2, 0.25) is 0 Å². The van der Waals surface area contributed by atoms with E-state index in [4.69, 9.17) is 4.74 Å². The number of rotatable bonds is 4. The molecule has 27 heavy (non-hydrogen) atoms. The Morgan fingerprint density at radius 2 is 1.81 bits per heavy atom. The topological polar surface area (TPSA) is 58.6 Å². The van der Waals surface area contributed by atoms with Crippen LogP contribution in [0.15, 0.2) is 24.3 Å². The van der Waals surface area contributed by atoms with Crippen LogP contribution in [0.1, 0.15) is 44.9 Å². The minimum Gasteiger partial charge on any atom is -0.452 e. The highest BCUT2D eigenvalue weighted by molar-refractivity contribution is 9.10. The van der Waals surface area contributed by atoms with Gasteiger partial charge in [-0.3, -0.25) is 9.69 Å². The van der Waals surface area contributed by atoms with E-state index in [1.54, 1.807) is 7.05 Å². The van der Waals surface area contributed by atoms with Gasteiger partial charge >= 0.3 is 6.09 Å². The lowest BCUT2D eigenvalue weighted by Gasteiger charge is -2.60. The molecular weight excluding hydrogens is 408 g/mol. The lowest BCUT2D eigenvalue weighted by atomic mass is 9.48. The maximum Gasteiger partial charge on any atom is 0.413 e. The number of nitrogens with zero attached hydrogens (tertiary/aromatic N) is 1. The molecule has 146 valence electrons. The minimum atomic E-state index is -0.419. The first kappa shape index (κ1) is 18.8. The second-order valence-corrected chi connectivity index (χ2v) is 10.6. The molecule has 0 spiro atoms. The lowest BCUT2D eigenvalue weighted by Crippen LogP contribution is -2.53. The van der Waals surface area contributed by atoms with E-state index in [9.17, 15) is 9.59 Å². The molecule has 1 N–H and O–H groups in total. The van der Waals surface area contributed by atoms with Gasteiger partial charge in [-0.05, 0) is 80.0 Å². The maximum atomic E-state index is 12.8. The highest BCUT2D eigenvalue weighted by Crippen LogP contribution is 2.65. The van der Waals surface area contributed by atoms with Gasteiger partial charge in [-0.25, -0.2) is 4.79 Å². The summed E-state index contributed by atoms with van der Waals surface area (Å²) in [5.41, 5.74) is 1.66. The summed E-state index contributed by atoms with van der Waals surface area (Å²) < 4.78 is 4.99. The van der Waals surface area contributed by atoms with Crippen molar-refractivity contribution in [3.63, 3.8) is 0 Å². The summed E-state index contributed by atoms with van der Waals surface area (Å²) in [4.78, 5) is 25.8. The van der Waals surface area contributed by atoms with E-state index in [-0.39, 0.29) is 15.6 Å². The molecule has 0 aliphatic heterocycles. The molecule has 0 aromatic heterocycles. The molecule has 5 rings (SSSR count). The highest BCUT2D eigenvalue weighted by Gasteiger charge is 2.57. The summed E-state index contributed by atoms with van der Waals surface area (Å²) in [5.74, 6) is 1.67. The van der Waals surface area contributed by atoms with Crippen molar-refractivity contribution >= 4 is 39.3 Å². The first-order valence-electron chi connectivity index (χ1n) is 9.70. The summed E-state index contributed by atoms with van der Waals surface area (Å²) in [6, 6.07) is 7.28. The highest BCUT2D eigenvalue weighted by atomic mass is 79.9. The third kappa shape index (κ3) is 3.73. The SMILES string of the molecule is COC(=O)N(C)c1ccc(NC(=O)CC23CC4CC(CC(Br)(C4)C2)C3)cc1. The van der Waals surface area contributed by atoms with Crippen molar-refractivity contribution in [2.24, 2.45) is 17.3 Å². The fraction of sp³-hybridized carbons (Fsp3) is 0.619. The normalized spacial score (nSPS) is 33.6. The van der Waals surface area contributed by atoms with Gasteiger partial charge in [0.2, 0.25) is 5.91 Å². The molecule has 4 bridgehead atoms. The standard InChI is InChI=1S/C21H27BrN2O3/c1-24(19(26)27-2)17-5-3-16(4-6-17)23-18(25)12-20-8-14-7-15(9-20)11-21(22,10-14)13-20/h3-6,14-15H,7-13H2,1-2H3,(H,23,25). The predicted molar refractivity (Wildman–Crippen MR) is 109 cm³/mol. The molecule has 0 saturated heterocycles. The van der Waals surface area contributed by atoms with Crippen molar-refractivity contribution in [3.05, 3.63) is 24.3 Å². The number of nitrogens with one attached hydrogen (secondary N) is 1. The van der Waals surface area contributed by atoms with Crippen LogP contribution in [-0.2, 0) is 9.53 Å². The van der Waals surface area contributed by atoms with Crippen LogP contribution in [-0.4, -0.2) is 30.5 Å². The number of carbonyl (C=O) groups is 2. The summed E-state index contributed by atoms with van der Waals surface area (Å²) in [6.07, 6.45) is 7.63. The van der Waals surface area contributed by atoms with Gasteiger partial charge in [-0.1, -0.05) is 15.9 Å². The first-order chi connectivity index (χ1) is 12.8. The second-order valence-electron chi connectivity index (χ2n) is 8.91. The van der Waals surface area contributed by atoms with E-state index in [0.29, 0.717) is 6.42 Å². The summed E-state index contributed by atoms with van der Waals surface area (Å²) >= 11 is 4.01. The van der Waals surface area contributed by atoms with E-state index in [0.717, 1.165) is 29.6 Å². The van der Waals surface area contributed by atoms with E-state index in [1.165, 1.54) is 44.1 Å². The summed E-state index contributed by atoms with van der Waals surface area (Å²) in [7, 11) is 3.01. The molecule has 2 atom stereocenters. The maximum absolute atomic E-state index is 12.8. The van der Waals surface area contributed by atoms with E-state index in [2.05, 4.69) is 21.2 Å². The molecule has 4 saturated carbocycles. The number of hydrogen-bond acceptors (Lipinski definition) is 3. The largest absolute Gasteiger partial charge is 0.452 e. The van der Waals surface area contributed by atoms with Crippen LogP contribution in [0.3, 0.4) is 0 Å². The fourth-order valence-electron chi connectivity index (χ4n) is 6.10. The Hall–Kier alpha value is -1.56. The van der Waals surface area contributed by atoms with Crippen molar-refractivity contribution in [2.45, 2.75) is 49.3 Å². The average Bonchev–Trinajstić information content (AvgIpc) is 2.58. The monoisotopic (exact) mass is 434 g/mol. The number of anilines is 2. The number of carbonyl (C=O) groups excluding carboxylic acids is 2. The predicted octanol–water partition coefficient (Wildman–Crippen LogP) is 4.95. The van der Waals surface area contributed by atoms with E-state index >= 15 is 0 Å². The molecule has 0 radical (unpaired) electrons. The van der Waals surface area contributed by atoms with Crippen molar-refractivity contribution < 1.29 is 14.3 Å². The first-order valence-corrected chi connectivity index (χ1v) is 10.5. The molecule has 4 aliphatic rings. The fourth-order valence-corrected chi connectivity index (χ4v) is 7.61. The number of amides is 2. The zero-order chi connectivity index (χ0) is 19.2. The van der Waals surface area contributed by atoms with Crippen LogP contribution in [0.25, 0.3) is 0 Å².